The lowest BCUT2D eigenvalue weighted by Gasteiger charge is -2.23. The fraction of sp³-hybridized carbons (Fsp3) is 0.737. The van der Waals surface area contributed by atoms with Gasteiger partial charge in [-0.1, -0.05) is 30.7 Å². The molecule has 3 fully saturated rings. The standard InChI is InChI=1S/C19H27N3O2/c1-11(2)10-13-15(19(13,3)4)18(23)22-9-5-6-14(22)16-20-17(24-21-16)12-7-8-12/h10,12-15H,5-9H2,1-4H3/t13-,14+,15+/m1/s1. The molecule has 0 radical (unpaired) electrons. The van der Waals surface area contributed by atoms with Crippen molar-refractivity contribution >= 4 is 5.91 Å². The Morgan fingerprint density at radius 2 is 2.04 bits per heavy atom. The van der Waals surface area contributed by atoms with E-state index in [2.05, 4.69) is 43.9 Å². The quantitative estimate of drug-likeness (QED) is 0.787. The lowest BCUT2D eigenvalue weighted by atomic mass is 10.1. The van der Waals surface area contributed by atoms with Gasteiger partial charge < -0.3 is 9.42 Å². The number of carbonyl (C=O) groups is 1. The van der Waals surface area contributed by atoms with Gasteiger partial charge in [0.1, 0.15) is 0 Å². The molecule has 2 aliphatic carbocycles. The van der Waals surface area contributed by atoms with Gasteiger partial charge in [-0.2, -0.15) is 4.98 Å². The van der Waals surface area contributed by atoms with Crippen LogP contribution in [-0.2, 0) is 4.79 Å². The van der Waals surface area contributed by atoms with Crippen LogP contribution in [0.4, 0.5) is 0 Å². The molecule has 4 rings (SSSR count). The van der Waals surface area contributed by atoms with Crippen LogP contribution < -0.4 is 0 Å². The first kappa shape index (κ1) is 15.9. The molecule has 130 valence electrons. The number of nitrogens with zero attached hydrogens (tertiary/aromatic N) is 3. The summed E-state index contributed by atoms with van der Waals surface area (Å²) in [5.41, 5.74) is 1.34. The zero-order valence-electron chi connectivity index (χ0n) is 15.1. The highest BCUT2D eigenvalue weighted by Crippen LogP contribution is 2.60. The Morgan fingerprint density at radius 3 is 2.71 bits per heavy atom. The number of aromatic nitrogens is 2. The van der Waals surface area contributed by atoms with E-state index < -0.39 is 0 Å². The van der Waals surface area contributed by atoms with Gasteiger partial charge in [0.2, 0.25) is 11.8 Å². The van der Waals surface area contributed by atoms with Gasteiger partial charge in [0.05, 0.1) is 12.0 Å². The summed E-state index contributed by atoms with van der Waals surface area (Å²) in [5.74, 6) is 2.63. The number of hydrogen-bond acceptors (Lipinski definition) is 4. The van der Waals surface area contributed by atoms with Gasteiger partial charge in [-0.05, 0) is 50.9 Å². The Hall–Kier alpha value is -1.65. The number of carbonyl (C=O) groups excluding carboxylic acids is 1. The molecule has 1 aromatic rings. The molecular formula is C19H27N3O2. The summed E-state index contributed by atoms with van der Waals surface area (Å²) in [6.07, 6.45) is 6.51. The molecule has 0 aromatic carbocycles. The molecular weight excluding hydrogens is 302 g/mol. The van der Waals surface area contributed by atoms with Crippen LogP contribution in [0.2, 0.25) is 0 Å². The number of likely N-dealkylation sites (tertiary alicyclic amines) is 1. The van der Waals surface area contributed by atoms with Gasteiger partial charge in [-0.3, -0.25) is 4.79 Å². The molecule has 5 heteroatoms. The van der Waals surface area contributed by atoms with E-state index >= 15 is 0 Å². The van der Waals surface area contributed by atoms with Crippen molar-refractivity contribution in [3.8, 4) is 0 Å². The van der Waals surface area contributed by atoms with Gasteiger partial charge in [0.25, 0.3) is 0 Å². The van der Waals surface area contributed by atoms with E-state index in [1.165, 1.54) is 5.57 Å². The molecule has 5 nitrogen and oxygen atoms in total. The maximum Gasteiger partial charge on any atom is 0.229 e. The molecule has 1 amide bonds. The Bertz CT molecular complexity index is 683. The van der Waals surface area contributed by atoms with Gasteiger partial charge in [0, 0.05) is 12.5 Å². The SMILES string of the molecule is CC(C)=C[C@@H]1[C@@H](C(=O)N2CCC[C@H]2c2noc(C3CC3)n2)C1(C)C. The largest absolute Gasteiger partial charge is 0.339 e. The summed E-state index contributed by atoms with van der Waals surface area (Å²) >= 11 is 0. The van der Waals surface area contributed by atoms with Crippen LogP contribution in [0.15, 0.2) is 16.2 Å². The molecule has 0 spiro atoms. The lowest BCUT2D eigenvalue weighted by molar-refractivity contribution is -0.134. The van der Waals surface area contributed by atoms with E-state index in [0.29, 0.717) is 17.7 Å². The highest BCUT2D eigenvalue weighted by molar-refractivity contribution is 5.84. The second-order valence-electron chi connectivity index (χ2n) is 8.52. The van der Waals surface area contributed by atoms with E-state index in [0.717, 1.165) is 38.1 Å². The summed E-state index contributed by atoms with van der Waals surface area (Å²) < 4.78 is 5.41. The number of hydrogen-bond donors (Lipinski definition) is 0. The molecule has 2 saturated carbocycles. The second-order valence-corrected chi connectivity index (χ2v) is 8.52. The molecule has 1 aliphatic heterocycles. The van der Waals surface area contributed by atoms with Crippen LogP contribution >= 0.6 is 0 Å². The van der Waals surface area contributed by atoms with Gasteiger partial charge >= 0.3 is 0 Å². The summed E-state index contributed by atoms with van der Waals surface area (Å²) in [6, 6.07) is -0.00231. The summed E-state index contributed by atoms with van der Waals surface area (Å²) in [7, 11) is 0. The molecule has 2 heterocycles. The van der Waals surface area contributed by atoms with E-state index in [1.807, 2.05) is 4.90 Å². The third-order valence-corrected chi connectivity index (χ3v) is 5.91. The van der Waals surface area contributed by atoms with Gasteiger partial charge in [-0.25, -0.2) is 0 Å². The van der Waals surface area contributed by atoms with Gasteiger partial charge in [0.15, 0.2) is 5.82 Å². The minimum absolute atomic E-state index is 0.00231. The lowest BCUT2D eigenvalue weighted by Crippen LogP contribution is -2.33. The third-order valence-electron chi connectivity index (χ3n) is 5.91. The van der Waals surface area contributed by atoms with Crippen molar-refractivity contribution in [2.24, 2.45) is 17.3 Å². The monoisotopic (exact) mass is 329 g/mol. The number of allylic oxidation sites excluding steroid dienone is 2. The van der Waals surface area contributed by atoms with E-state index in [-0.39, 0.29) is 23.3 Å². The molecule has 1 aromatic heterocycles. The van der Waals surface area contributed by atoms with Crippen molar-refractivity contribution in [1.82, 2.24) is 15.0 Å². The molecule has 0 N–H and O–H groups in total. The predicted octanol–water partition coefficient (Wildman–Crippen LogP) is 3.85. The zero-order valence-corrected chi connectivity index (χ0v) is 15.1. The highest BCUT2D eigenvalue weighted by atomic mass is 16.5. The molecule has 3 aliphatic rings. The minimum atomic E-state index is -0.00231. The average molecular weight is 329 g/mol. The molecule has 0 unspecified atom stereocenters. The third kappa shape index (κ3) is 2.58. The summed E-state index contributed by atoms with van der Waals surface area (Å²) in [5, 5.41) is 4.18. The molecule has 24 heavy (non-hydrogen) atoms. The minimum Gasteiger partial charge on any atom is -0.339 e. The summed E-state index contributed by atoms with van der Waals surface area (Å²) in [4.78, 5) is 19.8. The van der Waals surface area contributed by atoms with E-state index in [1.54, 1.807) is 0 Å². The normalized spacial score (nSPS) is 31.2. The van der Waals surface area contributed by atoms with Gasteiger partial charge in [-0.15, -0.1) is 0 Å². The second kappa shape index (κ2) is 5.43. The van der Waals surface area contributed by atoms with Crippen molar-refractivity contribution in [1.29, 1.82) is 0 Å². The molecule has 3 atom stereocenters. The first-order valence-electron chi connectivity index (χ1n) is 9.18. The maximum atomic E-state index is 13.2. The van der Waals surface area contributed by atoms with Crippen LogP contribution in [0.3, 0.4) is 0 Å². The van der Waals surface area contributed by atoms with Crippen molar-refractivity contribution < 1.29 is 9.32 Å². The first-order valence-corrected chi connectivity index (χ1v) is 9.18. The van der Waals surface area contributed by atoms with Crippen molar-refractivity contribution in [2.75, 3.05) is 6.54 Å². The molecule has 1 saturated heterocycles. The Kier molecular flexibility index (Phi) is 3.59. The fourth-order valence-corrected chi connectivity index (χ4v) is 4.18. The number of amides is 1. The first-order chi connectivity index (χ1) is 11.4. The van der Waals surface area contributed by atoms with Crippen molar-refractivity contribution in [2.45, 2.75) is 65.3 Å². The number of rotatable bonds is 4. The molecule has 0 bridgehead atoms. The smallest absolute Gasteiger partial charge is 0.229 e. The van der Waals surface area contributed by atoms with E-state index in [4.69, 9.17) is 4.52 Å². The Morgan fingerprint density at radius 1 is 1.29 bits per heavy atom. The van der Waals surface area contributed by atoms with Crippen LogP contribution in [0.1, 0.15) is 77.1 Å². The van der Waals surface area contributed by atoms with Crippen LogP contribution in [0.5, 0.6) is 0 Å². The maximum absolute atomic E-state index is 13.2. The van der Waals surface area contributed by atoms with Crippen LogP contribution in [-0.4, -0.2) is 27.5 Å². The Balaban J connectivity index is 1.52. The van der Waals surface area contributed by atoms with Crippen molar-refractivity contribution in [3.63, 3.8) is 0 Å². The van der Waals surface area contributed by atoms with Crippen LogP contribution in [0, 0.1) is 17.3 Å². The van der Waals surface area contributed by atoms with E-state index in [9.17, 15) is 4.79 Å². The average Bonchev–Trinajstić information content (AvgIpc) is 3.26. The topological polar surface area (TPSA) is 59.2 Å². The highest BCUT2D eigenvalue weighted by Gasteiger charge is 2.62. The van der Waals surface area contributed by atoms with Crippen molar-refractivity contribution in [3.05, 3.63) is 23.4 Å². The zero-order chi connectivity index (χ0) is 17.1. The Labute approximate surface area is 143 Å². The fourth-order valence-electron chi connectivity index (χ4n) is 4.18. The summed E-state index contributed by atoms with van der Waals surface area (Å²) in [6.45, 7) is 9.42. The van der Waals surface area contributed by atoms with Crippen LogP contribution in [0.25, 0.3) is 0 Å². The predicted molar refractivity (Wildman–Crippen MR) is 90.2 cm³/mol.